The van der Waals surface area contributed by atoms with E-state index in [9.17, 15) is 0 Å². The lowest BCUT2D eigenvalue weighted by Gasteiger charge is -2.38. The Morgan fingerprint density at radius 3 is 2.00 bits per heavy atom. The standard InChI is InChI=1S/C20H35NO.C2H6/c1-8-22-18-11-9-17(10-12-18)13-21-15-19(4,5)14-20(6,7)16(2)3;1-2/h9-12,16,21H,8,13-15H2,1-7H3;1-2H3. The van der Waals surface area contributed by atoms with Crippen molar-refractivity contribution in [3.8, 4) is 5.75 Å². The van der Waals surface area contributed by atoms with Gasteiger partial charge in [0.1, 0.15) is 5.75 Å². The molecule has 1 N–H and O–H groups in total. The van der Waals surface area contributed by atoms with E-state index >= 15 is 0 Å². The first-order valence-corrected chi connectivity index (χ1v) is 9.59. The third kappa shape index (κ3) is 8.73. The Morgan fingerprint density at radius 2 is 1.54 bits per heavy atom. The summed E-state index contributed by atoms with van der Waals surface area (Å²) in [6, 6.07) is 8.38. The topological polar surface area (TPSA) is 21.3 Å². The summed E-state index contributed by atoms with van der Waals surface area (Å²) in [7, 11) is 0. The molecule has 0 unspecified atom stereocenters. The fraction of sp³-hybridized carbons (Fsp3) is 0.727. The van der Waals surface area contributed by atoms with Gasteiger partial charge >= 0.3 is 0 Å². The minimum Gasteiger partial charge on any atom is -0.494 e. The Morgan fingerprint density at radius 1 is 1.00 bits per heavy atom. The van der Waals surface area contributed by atoms with Gasteiger partial charge in [0.15, 0.2) is 0 Å². The summed E-state index contributed by atoms with van der Waals surface area (Å²) < 4.78 is 5.48. The zero-order valence-electron chi connectivity index (χ0n) is 17.6. The van der Waals surface area contributed by atoms with Crippen molar-refractivity contribution in [3.63, 3.8) is 0 Å². The van der Waals surface area contributed by atoms with Crippen LogP contribution in [-0.2, 0) is 6.54 Å². The van der Waals surface area contributed by atoms with E-state index in [4.69, 9.17) is 4.74 Å². The van der Waals surface area contributed by atoms with Gasteiger partial charge in [-0.05, 0) is 47.8 Å². The molecule has 0 aliphatic carbocycles. The Balaban J connectivity index is 0.00000254. The zero-order valence-corrected chi connectivity index (χ0v) is 17.6. The molecule has 0 heterocycles. The van der Waals surface area contributed by atoms with Crippen LogP contribution in [0.5, 0.6) is 5.75 Å². The third-order valence-corrected chi connectivity index (χ3v) is 4.66. The molecule has 0 aromatic heterocycles. The van der Waals surface area contributed by atoms with Gasteiger partial charge in [-0.3, -0.25) is 0 Å². The van der Waals surface area contributed by atoms with Crippen molar-refractivity contribution in [2.24, 2.45) is 16.7 Å². The molecule has 0 bridgehead atoms. The van der Waals surface area contributed by atoms with Gasteiger partial charge < -0.3 is 10.1 Å². The van der Waals surface area contributed by atoms with Gasteiger partial charge in [-0.1, -0.05) is 67.5 Å². The number of nitrogens with one attached hydrogen (secondary N) is 1. The van der Waals surface area contributed by atoms with Gasteiger partial charge in [-0.15, -0.1) is 0 Å². The lowest BCUT2D eigenvalue weighted by molar-refractivity contribution is 0.137. The van der Waals surface area contributed by atoms with Crippen LogP contribution in [0, 0.1) is 16.7 Å². The molecule has 140 valence electrons. The highest BCUT2D eigenvalue weighted by molar-refractivity contribution is 5.27. The van der Waals surface area contributed by atoms with E-state index in [1.54, 1.807) is 0 Å². The molecular weight excluding hydrogens is 294 g/mol. The molecule has 1 aromatic rings. The van der Waals surface area contributed by atoms with Gasteiger partial charge in [0.05, 0.1) is 6.61 Å². The van der Waals surface area contributed by atoms with Crippen LogP contribution in [0.4, 0.5) is 0 Å². The summed E-state index contributed by atoms with van der Waals surface area (Å²) in [5.74, 6) is 1.66. The van der Waals surface area contributed by atoms with Gasteiger partial charge in [0.2, 0.25) is 0 Å². The SMILES string of the molecule is CC.CCOc1ccc(CNCC(C)(C)CC(C)(C)C(C)C)cc1. The highest BCUT2D eigenvalue weighted by atomic mass is 16.5. The minimum atomic E-state index is 0.305. The monoisotopic (exact) mass is 335 g/mol. The molecule has 0 amide bonds. The number of rotatable bonds is 9. The van der Waals surface area contributed by atoms with Gasteiger partial charge in [0.25, 0.3) is 0 Å². The Hall–Kier alpha value is -1.02. The van der Waals surface area contributed by atoms with Crippen LogP contribution in [0.2, 0.25) is 0 Å². The zero-order chi connectivity index (χ0) is 18.8. The summed E-state index contributed by atoms with van der Waals surface area (Å²) >= 11 is 0. The van der Waals surface area contributed by atoms with E-state index in [2.05, 4.69) is 59.0 Å². The van der Waals surface area contributed by atoms with Crippen LogP contribution in [-0.4, -0.2) is 13.2 Å². The largest absolute Gasteiger partial charge is 0.494 e. The summed E-state index contributed by atoms with van der Waals surface area (Å²) in [6.45, 7) is 22.8. The van der Waals surface area contributed by atoms with E-state index in [1.807, 2.05) is 32.9 Å². The minimum absolute atomic E-state index is 0.305. The van der Waals surface area contributed by atoms with Crippen molar-refractivity contribution >= 4 is 0 Å². The first kappa shape index (κ1) is 23.0. The number of benzene rings is 1. The maximum atomic E-state index is 5.48. The normalized spacial score (nSPS) is 11.9. The van der Waals surface area contributed by atoms with E-state index < -0.39 is 0 Å². The summed E-state index contributed by atoms with van der Waals surface area (Å²) in [6.07, 6.45) is 1.23. The number of hydrogen-bond acceptors (Lipinski definition) is 2. The average Bonchev–Trinajstić information content (AvgIpc) is 2.50. The molecule has 0 spiro atoms. The predicted molar refractivity (Wildman–Crippen MR) is 108 cm³/mol. The second-order valence-electron chi connectivity index (χ2n) is 8.16. The summed E-state index contributed by atoms with van der Waals surface area (Å²) in [5.41, 5.74) is 1.99. The fourth-order valence-electron chi connectivity index (χ4n) is 2.92. The third-order valence-electron chi connectivity index (χ3n) is 4.66. The molecule has 0 saturated carbocycles. The highest BCUT2D eigenvalue weighted by Gasteiger charge is 2.30. The maximum Gasteiger partial charge on any atom is 0.119 e. The van der Waals surface area contributed by atoms with Crippen LogP contribution < -0.4 is 10.1 Å². The molecule has 0 aliphatic heterocycles. The fourth-order valence-corrected chi connectivity index (χ4v) is 2.92. The molecule has 0 saturated heterocycles. The molecule has 2 nitrogen and oxygen atoms in total. The Kier molecular flexibility index (Phi) is 10.3. The molecule has 1 rings (SSSR count). The Bertz CT molecular complexity index is 432. The van der Waals surface area contributed by atoms with E-state index in [0.717, 1.165) is 25.4 Å². The van der Waals surface area contributed by atoms with Crippen molar-refractivity contribution < 1.29 is 4.74 Å². The number of hydrogen-bond donors (Lipinski definition) is 1. The van der Waals surface area contributed by atoms with Crippen molar-refractivity contribution in [2.45, 2.75) is 75.3 Å². The molecule has 24 heavy (non-hydrogen) atoms. The molecular formula is C22H41NO. The van der Waals surface area contributed by atoms with Crippen molar-refractivity contribution in [1.29, 1.82) is 0 Å². The maximum absolute atomic E-state index is 5.48. The van der Waals surface area contributed by atoms with E-state index in [0.29, 0.717) is 16.7 Å². The van der Waals surface area contributed by atoms with Crippen LogP contribution in [0.15, 0.2) is 24.3 Å². The molecule has 0 fully saturated rings. The van der Waals surface area contributed by atoms with Crippen LogP contribution >= 0.6 is 0 Å². The van der Waals surface area contributed by atoms with E-state index in [1.165, 1.54) is 12.0 Å². The smallest absolute Gasteiger partial charge is 0.119 e. The summed E-state index contributed by atoms with van der Waals surface area (Å²) in [4.78, 5) is 0. The quantitative estimate of drug-likeness (QED) is 0.572. The highest BCUT2D eigenvalue weighted by Crippen LogP contribution is 2.38. The Labute approximate surface area is 151 Å². The van der Waals surface area contributed by atoms with Crippen LogP contribution in [0.25, 0.3) is 0 Å². The predicted octanol–water partition coefficient (Wildman–Crippen LogP) is 6.30. The molecule has 2 heteroatoms. The molecule has 0 aliphatic rings. The lowest BCUT2D eigenvalue weighted by Crippen LogP contribution is -2.35. The van der Waals surface area contributed by atoms with Gasteiger partial charge in [-0.2, -0.15) is 0 Å². The first-order valence-electron chi connectivity index (χ1n) is 9.59. The van der Waals surface area contributed by atoms with Crippen molar-refractivity contribution in [2.75, 3.05) is 13.2 Å². The number of ether oxygens (including phenoxy) is 1. The van der Waals surface area contributed by atoms with E-state index in [-0.39, 0.29) is 0 Å². The van der Waals surface area contributed by atoms with Crippen molar-refractivity contribution in [1.82, 2.24) is 5.32 Å². The molecule has 0 atom stereocenters. The van der Waals surface area contributed by atoms with Gasteiger partial charge in [-0.25, -0.2) is 0 Å². The molecule has 1 aromatic carbocycles. The second-order valence-corrected chi connectivity index (χ2v) is 8.16. The second kappa shape index (κ2) is 10.8. The van der Waals surface area contributed by atoms with Crippen LogP contribution in [0.3, 0.4) is 0 Å². The van der Waals surface area contributed by atoms with Gasteiger partial charge in [0, 0.05) is 13.1 Å². The average molecular weight is 336 g/mol. The van der Waals surface area contributed by atoms with Crippen molar-refractivity contribution in [3.05, 3.63) is 29.8 Å². The molecule has 0 radical (unpaired) electrons. The lowest BCUT2D eigenvalue weighted by atomic mass is 9.69. The first-order chi connectivity index (χ1) is 11.2. The summed E-state index contributed by atoms with van der Waals surface area (Å²) in [5, 5.41) is 3.61. The van der Waals surface area contributed by atoms with Crippen LogP contribution in [0.1, 0.15) is 74.3 Å².